The zero-order valence-electron chi connectivity index (χ0n) is 17.1. The van der Waals surface area contributed by atoms with Crippen molar-refractivity contribution in [3.8, 4) is 0 Å². The van der Waals surface area contributed by atoms with Crippen molar-refractivity contribution in [3.05, 3.63) is 50.9 Å². The molecule has 1 heterocycles. The molecule has 156 valence electrons. The van der Waals surface area contributed by atoms with E-state index in [2.05, 4.69) is 5.32 Å². The maximum atomic E-state index is 13.0. The Kier molecular flexibility index (Phi) is 7.21. The zero-order valence-corrected chi connectivity index (χ0v) is 18.7. The highest BCUT2D eigenvalue weighted by Crippen LogP contribution is 2.34. The molecule has 0 unspecified atom stereocenters. The number of aryl methyl sites for hydroxylation is 1. The van der Waals surface area contributed by atoms with Crippen LogP contribution in [0, 0.1) is 13.8 Å². The van der Waals surface area contributed by atoms with Gasteiger partial charge in [0, 0.05) is 15.5 Å². The van der Waals surface area contributed by atoms with Crippen LogP contribution in [0.5, 0.6) is 0 Å². The molecule has 0 aliphatic rings. The number of hydrogen-bond donors (Lipinski definition) is 2. The predicted molar refractivity (Wildman–Crippen MR) is 116 cm³/mol. The van der Waals surface area contributed by atoms with E-state index in [9.17, 15) is 14.4 Å². The number of carbonyl (C=O) groups is 3. The van der Waals surface area contributed by atoms with E-state index in [1.807, 2.05) is 13.8 Å². The Morgan fingerprint density at radius 2 is 1.90 bits per heavy atom. The van der Waals surface area contributed by atoms with Crippen molar-refractivity contribution >= 4 is 45.6 Å². The number of ketones is 1. The summed E-state index contributed by atoms with van der Waals surface area (Å²) in [4.78, 5) is 38.4. The molecule has 0 radical (unpaired) electrons. The zero-order chi connectivity index (χ0) is 21.9. The van der Waals surface area contributed by atoms with Gasteiger partial charge in [0.1, 0.15) is 10.6 Å². The van der Waals surface area contributed by atoms with Crippen LogP contribution in [0.1, 0.15) is 53.6 Å². The molecular weight excluding hydrogens is 412 g/mol. The maximum Gasteiger partial charge on any atom is 0.308 e. The van der Waals surface area contributed by atoms with Gasteiger partial charge in [-0.3, -0.25) is 14.4 Å². The molecule has 0 saturated heterocycles. The summed E-state index contributed by atoms with van der Waals surface area (Å²) in [5.74, 6) is -1.36. The SMILES string of the molecule is Cc1sc(NC(=O)[C@@H](N)CC(=O)OC(C)(C)C)c(C(=O)c2cccc(Cl)c2)c1C. The second-order valence-electron chi connectivity index (χ2n) is 7.71. The van der Waals surface area contributed by atoms with E-state index in [0.29, 0.717) is 21.2 Å². The molecule has 1 aromatic heterocycles. The smallest absolute Gasteiger partial charge is 0.308 e. The Labute approximate surface area is 179 Å². The van der Waals surface area contributed by atoms with E-state index in [4.69, 9.17) is 22.1 Å². The van der Waals surface area contributed by atoms with Crippen molar-refractivity contribution in [2.45, 2.75) is 52.7 Å². The number of hydrogen-bond acceptors (Lipinski definition) is 6. The van der Waals surface area contributed by atoms with Crippen LogP contribution >= 0.6 is 22.9 Å². The van der Waals surface area contributed by atoms with E-state index >= 15 is 0 Å². The number of ether oxygens (including phenoxy) is 1. The lowest BCUT2D eigenvalue weighted by atomic mass is 10.0. The summed E-state index contributed by atoms with van der Waals surface area (Å²) in [6, 6.07) is 5.53. The lowest BCUT2D eigenvalue weighted by Crippen LogP contribution is -2.39. The van der Waals surface area contributed by atoms with Gasteiger partial charge in [-0.05, 0) is 52.3 Å². The fourth-order valence-electron chi connectivity index (χ4n) is 2.62. The minimum atomic E-state index is -1.10. The third kappa shape index (κ3) is 6.13. The molecule has 0 aliphatic heterocycles. The summed E-state index contributed by atoms with van der Waals surface area (Å²) in [6.45, 7) is 8.90. The number of thiophene rings is 1. The Morgan fingerprint density at radius 3 is 2.48 bits per heavy atom. The molecule has 0 saturated carbocycles. The lowest BCUT2D eigenvalue weighted by Gasteiger charge is -2.20. The van der Waals surface area contributed by atoms with Crippen LogP contribution in [0.25, 0.3) is 0 Å². The molecule has 2 aromatic rings. The third-order valence-corrected chi connectivity index (χ3v) is 5.44. The predicted octanol–water partition coefficient (Wildman–Crippen LogP) is 4.25. The van der Waals surface area contributed by atoms with E-state index in [0.717, 1.165) is 10.4 Å². The molecule has 1 atom stereocenters. The van der Waals surface area contributed by atoms with Crippen molar-refractivity contribution < 1.29 is 19.1 Å². The summed E-state index contributed by atoms with van der Waals surface area (Å²) in [5, 5.41) is 3.55. The lowest BCUT2D eigenvalue weighted by molar-refractivity contribution is -0.155. The molecule has 6 nitrogen and oxygen atoms in total. The van der Waals surface area contributed by atoms with Gasteiger partial charge in [0.15, 0.2) is 5.78 Å². The highest BCUT2D eigenvalue weighted by atomic mass is 35.5. The minimum absolute atomic E-state index is 0.245. The van der Waals surface area contributed by atoms with Crippen LogP contribution in [-0.2, 0) is 14.3 Å². The van der Waals surface area contributed by atoms with Gasteiger partial charge in [-0.1, -0.05) is 23.7 Å². The first-order valence-corrected chi connectivity index (χ1v) is 10.3. The number of nitrogens with one attached hydrogen (secondary N) is 1. The number of anilines is 1. The van der Waals surface area contributed by atoms with Gasteiger partial charge < -0.3 is 15.8 Å². The van der Waals surface area contributed by atoms with Gasteiger partial charge in [-0.2, -0.15) is 0 Å². The van der Waals surface area contributed by atoms with E-state index < -0.39 is 23.5 Å². The Hall–Kier alpha value is -2.22. The first-order chi connectivity index (χ1) is 13.4. The molecule has 1 aromatic carbocycles. The fraction of sp³-hybridized carbons (Fsp3) is 0.381. The van der Waals surface area contributed by atoms with Crippen LogP contribution in [0.2, 0.25) is 5.02 Å². The molecule has 2 rings (SSSR count). The Balaban J connectivity index is 2.21. The first-order valence-electron chi connectivity index (χ1n) is 9.07. The minimum Gasteiger partial charge on any atom is -0.460 e. The van der Waals surface area contributed by atoms with Crippen LogP contribution < -0.4 is 11.1 Å². The summed E-state index contributed by atoms with van der Waals surface area (Å²) < 4.78 is 5.20. The van der Waals surface area contributed by atoms with E-state index in [1.54, 1.807) is 45.0 Å². The van der Waals surface area contributed by atoms with Crippen molar-refractivity contribution in [2.75, 3.05) is 5.32 Å². The van der Waals surface area contributed by atoms with Gasteiger partial charge in [0.05, 0.1) is 18.0 Å². The van der Waals surface area contributed by atoms with E-state index in [1.165, 1.54) is 11.3 Å². The Morgan fingerprint density at radius 1 is 1.24 bits per heavy atom. The van der Waals surface area contributed by atoms with Gasteiger partial charge in [-0.15, -0.1) is 11.3 Å². The van der Waals surface area contributed by atoms with Crippen LogP contribution in [-0.4, -0.2) is 29.3 Å². The largest absolute Gasteiger partial charge is 0.460 e. The molecule has 0 aliphatic carbocycles. The monoisotopic (exact) mass is 436 g/mol. The van der Waals surface area contributed by atoms with Gasteiger partial charge in [0.25, 0.3) is 0 Å². The molecule has 29 heavy (non-hydrogen) atoms. The average Bonchev–Trinajstić information content (AvgIpc) is 2.86. The summed E-state index contributed by atoms with van der Waals surface area (Å²) in [5.41, 5.74) is 6.81. The molecule has 8 heteroatoms. The second-order valence-corrected chi connectivity index (χ2v) is 9.37. The normalized spacial score (nSPS) is 12.4. The standard InChI is InChI=1S/C21H25ClN2O4S/c1-11-12(2)29-20(17(11)18(26)13-7-6-8-14(22)9-13)24-19(27)15(23)10-16(25)28-21(3,4)5/h6-9,15H,10,23H2,1-5H3,(H,24,27)/t15-/m0/s1. The van der Waals surface area contributed by atoms with Crippen molar-refractivity contribution in [1.29, 1.82) is 0 Å². The topological polar surface area (TPSA) is 98.5 Å². The Bertz CT molecular complexity index is 947. The van der Waals surface area contributed by atoms with Crippen molar-refractivity contribution in [3.63, 3.8) is 0 Å². The molecule has 1 amide bonds. The quantitative estimate of drug-likeness (QED) is 0.521. The molecular formula is C21H25ClN2O4S. The van der Waals surface area contributed by atoms with Gasteiger partial charge in [-0.25, -0.2) is 0 Å². The number of nitrogens with two attached hydrogens (primary N) is 1. The molecule has 0 bridgehead atoms. The molecule has 3 N–H and O–H groups in total. The molecule has 0 fully saturated rings. The second kappa shape index (κ2) is 9.07. The van der Waals surface area contributed by atoms with Crippen molar-refractivity contribution in [2.24, 2.45) is 5.73 Å². The number of halogens is 1. The first kappa shape index (κ1) is 23.1. The summed E-state index contributed by atoms with van der Waals surface area (Å²) in [7, 11) is 0. The molecule has 0 spiro atoms. The summed E-state index contributed by atoms with van der Waals surface area (Å²) in [6.07, 6.45) is -0.260. The van der Waals surface area contributed by atoms with Crippen molar-refractivity contribution in [1.82, 2.24) is 0 Å². The van der Waals surface area contributed by atoms with Crippen LogP contribution in [0.4, 0.5) is 5.00 Å². The third-order valence-electron chi connectivity index (χ3n) is 4.08. The van der Waals surface area contributed by atoms with Gasteiger partial charge >= 0.3 is 5.97 Å². The van der Waals surface area contributed by atoms with Gasteiger partial charge in [0.2, 0.25) is 5.91 Å². The highest BCUT2D eigenvalue weighted by molar-refractivity contribution is 7.16. The maximum absolute atomic E-state index is 13.0. The van der Waals surface area contributed by atoms with Crippen LogP contribution in [0.15, 0.2) is 24.3 Å². The highest BCUT2D eigenvalue weighted by Gasteiger charge is 2.26. The number of carbonyl (C=O) groups excluding carboxylic acids is 3. The van der Waals surface area contributed by atoms with Crippen LogP contribution in [0.3, 0.4) is 0 Å². The fourth-order valence-corrected chi connectivity index (χ4v) is 3.87. The number of benzene rings is 1. The number of amides is 1. The number of rotatable bonds is 6. The average molecular weight is 437 g/mol. The summed E-state index contributed by atoms with van der Waals surface area (Å²) >= 11 is 7.29. The number of esters is 1. The van der Waals surface area contributed by atoms with E-state index in [-0.39, 0.29) is 12.2 Å².